The van der Waals surface area contributed by atoms with E-state index in [0.717, 1.165) is 0 Å². The van der Waals surface area contributed by atoms with Gasteiger partial charge in [-0.15, -0.1) is 0 Å². The van der Waals surface area contributed by atoms with Crippen molar-refractivity contribution in [2.24, 2.45) is 0 Å². The van der Waals surface area contributed by atoms with E-state index in [1.165, 1.54) is 0 Å². The average Bonchev–Trinajstić information content (AvgIpc) is 2.58. The maximum atomic E-state index is 12.6. The van der Waals surface area contributed by atoms with Gasteiger partial charge in [0.2, 0.25) is 0 Å². The summed E-state index contributed by atoms with van der Waals surface area (Å²) in [6.45, 7) is 5.82. The first kappa shape index (κ1) is 18.9. The highest BCUT2D eigenvalue weighted by Gasteiger charge is 2.30. The number of hydrogen-bond donors (Lipinski definition) is 1. The summed E-state index contributed by atoms with van der Waals surface area (Å²) < 4.78 is 16.5. The van der Waals surface area contributed by atoms with Crippen molar-refractivity contribution in [3.05, 3.63) is 47.5 Å². The fourth-order valence-electron chi connectivity index (χ4n) is 2.15. The number of anilines is 1. The van der Waals surface area contributed by atoms with E-state index in [9.17, 15) is 4.79 Å². The van der Waals surface area contributed by atoms with Crippen molar-refractivity contribution in [3.63, 3.8) is 0 Å². The van der Waals surface area contributed by atoms with Crippen molar-refractivity contribution in [2.45, 2.75) is 26.4 Å². The van der Waals surface area contributed by atoms with Gasteiger partial charge in [0, 0.05) is 16.8 Å². The molecule has 0 aliphatic rings. The zero-order chi connectivity index (χ0) is 18.4. The molecule has 0 saturated heterocycles. The highest BCUT2D eigenvalue weighted by molar-refractivity contribution is 6.30. The molecule has 0 spiro atoms. The SMILES string of the molecule is CCOc1ccc(NC(=O)C(C)(C)Oc2ccc(Cl)cc2)cc1OC. The molecule has 6 heteroatoms. The summed E-state index contributed by atoms with van der Waals surface area (Å²) in [5, 5.41) is 3.44. The third kappa shape index (κ3) is 5.03. The minimum atomic E-state index is -1.07. The van der Waals surface area contributed by atoms with Gasteiger partial charge in [-0.3, -0.25) is 4.79 Å². The van der Waals surface area contributed by atoms with Crippen molar-refractivity contribution >= 4 is 23.2 Å². The lowest BCUT2D eigenvalue weighted by molar-refractivity contribution is -0.128. The Labute approximate surface area is 152 Å². The van der Waals surface area contributed by atoms with E-state index in [-0.39, 0.29) is 5.91 Å². The standard InChI is InChI=1S/C19H22ClNO4/c1-5-24-16-11-8-14(12-17(16)23-4)21-18(22)19(2,3)25-15-9-6-13(20)7-10-15/h6-12H,5H2,1-4H3,(H,21,22). The molecule has 0 aliphatic heterocycles. The first-order chi connectivity index (χ1) is 11.9. The molecule has 1 amide bonds. The molecule has 134 valence electrons. The van der Waals surface area contributed by atoms with E-state index in [2.05, 4.69) is 5.32 Å². The topological polar surface area (TPSA) is 56.8 Å². The van der Waals surface area contributed by atoms with Crippen LogP contribution in [0.5, 0.6) is 17.2 Å². The summed E-state index contributed by atoms with van der Waals surface area (Å²) in [6, 6.07) is 12.1. The Morgan fingerprint density at radius 2 is 1.80 bits per heavy atom. The minimum absolute atomic E-state index is 0.284. The lowest BCUT2D eigenvalue weighted by atomic mass is 10.1. The Balaban J connectivity index is 2.10. The molecule has 2 rings (SSSR count). The number of halogens is 1. The number of rotatable bonds is 7. The Morgan fingerprint density at radius 1 is 1.12 bits per heavy atom. The van der Waals surface area contributed by atoms with E-state index in [4.69, 9.17) is 25.8 Å². The van der Waals surface area contributed by atoms with Crippen molar-refractivity contribution in [3.8, 4) is 17.2 Å². The Kier molecular flexibility index (Phi) is 6.15. The molecule has 0 radical (unpaired) electrons. The largest absolute Gasteiger partial charge is 0.493 e. The first-order valence-electron chi connectivity index (χ1n) is 7.92. The minimum Gasteiger partial charge on any atom is -0.493 e. The lowest BCUT2D eigenvalue weighted by Gasteiger charge is -2.25. The van der Waals surface area contributed by atoms with Crippen LogP contribution in [0.3, 0.4) is 0 Å². The number of benzene rings is 2. The zero-order valence-corrected chi connectivity index (χ0v) is 15.5. The van der Waals surface area contributed by atoms with Gasteiger partial charge in [0.1, 0.15) is 5.75 Å². The van der Waals surface area contributed by atoms with Crippen LogP contribution < -0.4 is 19.5 Å². The molecule has 0 unspecified atom stereocenters. The maximum absolute atomic E-state index is 12.6. The number of hydrogen-bond acceptors (Lipinski definition) is 4. The van der Waals surface area contributed by atoms with Gasteiger partial charge < -0.3 is 19.5 Å². The zero-order valence-electron chi connectivity index (χ0n) is 14.8. The molecule has 0 aromatic heterocycles. The molecule has 0 bridgehead atoms. The van der Waals surface area contributed by atoms with Crippen LogP contribution in [0.2, 0.25) is 5.02 Å². The molecule has 2 aromatic carbocycles. The van der Waals surface area contributed by atoms with Crippen LogP contribution >= 0.6 is 11.6 Å². The monoisotopic (exact) mass is 363 g/mol. The van der Waals surface area contributed by atoms with Gasteiger partial charge in [-0.25, -0.2) is 0 Å². The number of carbonyl (C=O) groups excluding carboxylic acids is 1. The Bertz CT molecular complexity index is 729. The molecular weight excluding hydrogens is 342 g/mol. The average molecular weight is 364 g/mol. The quantitative estimate of drug-likeness (QED) is 0.784. The number of ether oxygens (including phenoxy) is 3. The molecule has 0 aliphatic carbocycles. The predicted molar refractivity (Wildman–Crippen MR) is 99.0 cm³/mol. The second-order valence-electron chi connectivity index (χ2n) is 5.82. The van der Waals surface area contributed by atoms with Crippen LogP contribution in [0.15, 0.2) is 42.5 Å². The molecule has 25 heavy (non-hydrogen) atoms. The van der Waals surface area contributed by atoms with Crippen LogP contribution in [0.25, 0.3) is 0 Å². The van der Waals surface area contributed by atoms with Crippen molar-refractivity contribution in [2.75, 3.05) is 19.0 Å². The van der Waals surface area contributed by atoms with Crippen LogP contribution in [-0.4, -0.2) is 25.2 Å². The molecule has 2 aromatic rings. The summed E-state index contributed by atoms with van der Waals surface area (Å²) in [7, 11) is 1.55. The first-order valence-corrected chi connectivity index (χ1v) is 8.30. The van der Waals surface area contributed by atoms with E-state index in [0.29, 0.717) is 34.6 Å². The van der Waals surface area contributed by atoms with Gasteiger partial charge in [-0.05, 0) is 57.2 Å². The van der Waals surface area contributed by atoms with E-state index >= 15 is 0 Å². The van der Waals surface area contributed by atoms with Gasteiger partial charge in [0.05, 0.1) is 13.7 Å². The summed E-state index contributed by atoms with van der Waals surface area (Å²) >= 11 is 5.86. The van der Waals surface area contributed by atoms with E-state index < -0.39 is 5.60 Å². The number of methoxy groups -OCH3 is 1. The second-order valence-corrected chi connectivity index (χ2v) is 6.26. The molecule has 1 N–H and O–H groups in total. The van der Waals surface area contributed by atoms with Crippen LogP contribution in [0.4, 0.5) is 5.69 Å². The van der Waals surface area contributed by atoms with Gasteiger partial charge in [-0.1, -0.05) is 11.6 Å². The van der Waals surface area contributed by atoms with Gasteiger partial charge >= 0.3 is 0 Å². The van der Waals surface area contributed by atoms with Crippen LogP contribution in [0.1, 0.15) is 20.8 Å². The predicted octanol–water partition coefficient (Wildman–Crippen LogP) is 4.54. The smallest absolute Gasteiger partial charge is 0.267 e. The lowest BCUT2D eigenvalue weighted by Crippen LogP contribution is -2.42. The number of nitrogens with one attached hydrogen (secondary N) is 1. The molecular formula is C19H22ClNO4. The third-order valence-electron chi connectivity index (χ3n) is 3.45. The summed E-state index contributed by atoms with van der Waals surface area (Å²) in [6.07, 6.45) is 0. The molecule has 0 heterocycles. The van der Waals surface area contributed by atoms with Crippen molar-refractivity contribution in [1.29, 1.82) is 0 Å². The van der Waals surface area contributed by atoms with Crippen molar-refractivity contribution < 1.29 is 19.0 Å². The molecule has 0 saturated carbocycles. The molecule has 5 nitrogen and oxygen atoms in total. The second kappa shape index (κ2) is 8.12. The summed E-state index contributed by atoms with van der Waals surface area (Å²) in [4.78, 5) is 12.6. The Hall–Kier alpha value is -2.40. The van der Waals surface area contributed by atoms with Crippen LogP contribution in [0, 0.1) is 0 Å². The molecule has 0 atom stereocenters. The van der Waals surface area contributed by atoms with Gasteiger partial charge in [-0.2, -0.15) is 0 Å². The van der Waals surface area contributed by atoms with Crippen LogP contribution in [-0.2, 0) is 4.79 Å². The third-order valence-corrected chi connectivity index (χ3v) is 3.71. The highest BCUT2D eigenvalue weighted by Crippen LogP contribution is 2.31. The summed E-state index contributed by atoms with van der Waals surface area (Å²) in [5.41, 5.74) is -0.474. The normalized spacial score (nSPS) is 10.9. The summed E-state index contributed by atoms with van der Waals surface area (Å²) in [5.74, 6) is 1.46. The fourth-order valence-corrected chi connectivity index (χ4v) is 2.27. The Morgan fingerprint density at radius 3 is 2.40 bits per heavy atom. The van der Waals surface area contributed by atoms with E-state index in [1.54, 1.807) is 63.4 Å². The fraction of sp³-hybridized carbons (Fsp3) is 0.316. The highest BCUT2D eigenvalue weighted by atomic mass is 35.5. The number of amides is 1. The number of carbonyl (C=O) groups is 1. The molecule has 0 fully saturated rings. The maximum Gasteiger partial charge on any atom is 0.267 e. The van der Waals surface area contributed by atoms with E-state index in [1.807, 2.05) is 6.92 Å². The van der Waals surface area contributed by atoms with Crippen molar-refractivity contribution in [1.82, 2.24) is 0 Å². The van der Waals surface area contributed by atoms with Gasteiger partial charge in [0.25, 0.3) is 5.91 Å². The van der Waals surface area contributed by atoms with Gasteiger partial charge in [0.15, 0.2) is 17.1 Å².